The van der Waals surface area contributed by atoms with Gasteiger partial charge >= 0.3 is 0 Å². The van der Waals surface area contributed by atoms with Gasteiger partial charge in [0.05, 0.1) is 11.3 Å². The zero-order valence-electron chi connectivity index (χ0n) is 14.7. The van der Waals surface area contributed by atoms with Crippen LogP contribution in [0.15, 0.2) is 54.7 Å². The van der Waals surface area contributed by atoms with Crippen molar-refractivity contribution in [2.24, 2.45) is 0 Å². The molecule has 1 aliphatic rings. The van der Waals surface area contributed by atoms with Crippen molar-refractivity contribution in [2.75, 3.05) is 5.32 Å². The van der Waals surface area contributed by atoms with Gasteiger partial charge in [-0.1, -0.05) is 12.1 Å². The highest BCUT2D eigenvalue weighted by Crippen LogP contribution is 2.32. The molecular weight excluding hydrogens is 364 g/mol. The molecule has 5 nitrogen and oxygen atoms in total. The maximum absolute atomic E-state index is 13.2. The standard InChI is InChI=1S/C21H15F2N3O2/c22-15-5-1-12(2-6-15)14-9-18-17(19(27)10-14)11-24-21(25-18)26-20(28)13-3-7-16(23)8-4-13/h1-8,11,14H,9-10H2,(H,24,25,26,28)/t14-/m1/s1. The molecule has 0 unspecified atom stereocenters. The Morgan fingerprint density at radius 3 is 2.29 bits per heavy atom. The number of aromatic nitrogens is 2. The second-order valence-corrected chi connectivity index (χ2v) is 6.59. The number of rotatable bonds is 3. The van der Waals surface area contributed by atoms with Crippen LogP contribution in [0.2, 0.25) is 0 Å². The Kier molecular flexibility index (Phi) is 4.65. The van der Waals surface area contributed by atoms with Crippen LogP contribution in [0.5, 0.6) is 0 Å². The Balaban J connectivity index is 1.56. The van der Waals surface area contributed by atoms with Crippen molar-refractivity contribution < 1.29 is 18.4 Å². The van der Waals surface area contributed by atoms with Gasteiger partial charge < -0.3 is 0 Å². The molecule has 140 valence electrons. The molecule has 3 aromatic rings. The molecule has 0 aliphatic heterocycles. The molecule has 1 N–H and O–H groups in total. The monoisotopic (exact) mass is 379 g/mol. The quantitative estimate of drug-likeness (QED) is 0.749. The summed E-state index contributed by atoms with van der Waals surface area (Å²) in [5.41, 5.74) is 2.09. The van der Waals surface area contributed by atoms with E-state index in [1.165, 1.54) is 42.6 Å². The third kappa shape index (κ3) is 3.64. The summed E-state index contributed by atoms with van der Waals surface area (Å²) in [7, 11) is 0. The van der Waals surface area contributed by atoms with Gasteiger partial charge in [0, 0.05) is 18.2 Å². The molecule has 1 atom stereocenters. The first-order chi connectivity index (χ1) is 13.5. The van der Waals surface area contributed by atoms with Crippen molar-refractivity contribution in [3.8, 4) is 0 Å². The van der Waals surface area contributed by atoms with E-state index in [4.69, 9.17) is 0 Å². The number of nitrogens with one attached hydrogen (secondary N) is 1. The van der Waals surface area contributed by atoms with Gasteiger partial charge in [0.1, 0.15) is 11.6 Å². The summed E-state index contributed by atoms with van der Waals surface area (Å²) in [6.45, 7) is 0. The number of carbonyl (C=O) groups excluding carboxylic acids is 2. The lowest BCUT2D eigenvalue weighted by Crippen LogP contribution is -2.22. The molecule has 2 aromatic carbocycles. The van der Waals surface area contributed by atoms with Crippen LogP contribution in [0.3, 0.4) is 0 Å². The highest BCUT2D eigenvalue weighted by atomic mass is 19.1. The Morgan fingerprint density at radius 1 is 0.964 bits per heavy atom. The van der Waals surface area contributed by atoms with Crippen molar-refractivity contribution >= 4 is 17.6 Å². The fourth-order valence-electron chi connectivity index (χ4n) is 3.25. The highest BCUT2D eigenvalue weighted by molar-refractivity contribution is 6.03. The summed E-state index contributed by atoms with van der Waals surface area (Å²) in [6, 6.07) is 11.2. The summed E-state index contributed by atoms with van der Waals surface area (Å²) in [5.74, 6) is -1.38. The average Bonchev–Trinajstić information content (AvgIpc) is 2.68. The molecule has 1 aliphatic carbocycles. The summed E-state index contributed by atoms with van der Waals surface area (Å²) in [6.07, 6.45) is 2.18. The number of benzene rings is 2. The van der Waals surface area contributed by atoms with E-state index in [1.54, 1.807) is 12.1 Å². The lowest BCUT2D eigenvalue weighted by Gasteiger charge is -2.23. The Bertz CT molecular complexity index is 1050. The Morgan fingerprint density at radius 2 is 1.61 bits per heavy atom. The van der Waals surface area contributed by atoms with Gasteiger partial charge in [0.2, 0.25) is 5.95 Å². The van der Waals surface area contributed by atoms with E-state index in [0.29, 0.717) is 24.1 Å². The zero-order chi connectivity index (χ0) is 19.7. The molecule has 0 fully saturated rings. The van der Waals surface area contributed by atoms with E-state index in [-0.39, 0.29) is 29.0 Å². The summed E-state index contributed by atoms with van der Waals surface area (Å²) < 4.78 is 26.1. The number of hydrogen-bond donors (Lipinski definition) is 1. The van der Waals surface area contributed by atoms with E-state index in [2.05, 4.69) is 15.3 Å². The lowest BCUT2D eigenvalue weighted by molar-refractivity contribution is 0.0962. The minimum atomic E-state index is -0.475. The van der Waals surface area contributed by atoms with E-state index in [0.717, 1.165) is 5.56 Å². The second-order valence-electron chi connectivity index (χ2n) is 6.59. The Labute approximate surface area is 159 Å². The van der Waals surface area contributed by atoms with Crippen molar-refractivity contribution in [1.29, 1.82) is 0 Å². The molecule has 7 heteroatoms. The third-order valence-electron chi connectivity index (χ3n) is 4.71. The first-order valence-corrected chi connectivity index (χ1v) is 8.71. The number of Topliss-reactive ketones (excluding diaryl/α,β-unsaturated/α-hetero) is 1. The number of halogens is 2. The smallest absolute Gasteiger partial charge is 0.258 e. The van der Waals surface area contributed by atoms with Gasteiger partial charge in [-0.2, -0.15) is 0 Å². The number of hydrogen-bond acceptors (Lipinski definition) is 4. The predicted octanol–water partition coefficient (Wildman–Crippen LogP) is 3.92. The summed E-state index contributed by atoms with van der Waals surface area (Å²) in [4.78, 5) is 33.1. The molecule has 1 amide bonds. The maximum atomic E-state index is 13.2. The number of fused-ring (bicyclic) bond motifs is 1. The van der Waals surface area contributed by atoms with Crippen molar-refractivity contribution in [1.82, 2.24) is 9.97 Å². The van der Waals surface area contributed by atoms with Crippen LogP contribution >= 0.6 is 0 Å². The normalized spacial score (nSPS) is 15.8. The molecule has 0 spiro atoms. The first-order valence-electron chi connectivity index (χ1n) is 8.71. The van der Waals surface area contributed by atoms with Crippen molar-refractivity contribution in [3.05, 3.63) is 88.7 Å². The van der Waals surface area contributed by atoms with E-state index < -0.39 is 11.7 Å². The van der Waals surface area contributed by atoms with Gasteiger partial charge in [0.25, 0.3) is 5.91 Å². The number of ketones is 1. The van der Waals surface area contributed by atoms with Crippen LogP contribution < -0.4 is 5.32 Å². The predicted molar refractivity (Wildman–Crippen MR) is 98.2 cm³/mol. The average molecular weight is 379 g/mol. The minimum absolute atomic E-state index is 0.0700. The third-order valence-corrected chi connectivity index (χ3v) is 4.71. The van der Waals surface area contributed by atoms with Gasteiger partial charge in [-0.25, -0.2) is 18.7 Å². The molecule has 4 rings (SSSR count). The fraction of sp³-hybridized carbons (Fsp3) is 0.143. The lowest BCUT2D eigenvalue weighted by atomic mass is 9.82. The second kappa shape index (κ2) is 7.26. The summed E-state index contributed by atoms with van der Waals surface area (Å²) >= 11 is 0. The van der Waals surface area contributed by atoms with E-state index in [1.807, 2.05) is 0 Å². The van der Waals surface area contributed by atoms with Crippen LogP contribution in [0.25, 0.3) is 0 Å². The Hall–Kier alpha value is -3.48. The molecule has 0 radical (unpaired) electrons. The molecule has 0 saturated carbocycles. The molecule has 0 saturated heterocycles. The molecule has 0 bridgehead atoms. The van der Waals surface area contributed by atoms with Gasteiger partial charge in [-0.3, -0.25) is 14.9 Å². The highest BCUT2D eigenvalue weighted by Gasteiger charge is 2.28. The number of amides is 1. The van der Waals surface area contributed by atoms with Crippen LogP contribution in [0.1, 0.15) is 44.3 Å². The first kappa shape index (κ1) is 17.9. The SMILES string of the molecule is O=C(Nc1ncc2c(n1)C[C@@H](c1ccc(F)cc1)CC2=O)c1ccc(F)cc1. The minimum Gasteiger partial charge on any atom is -0.294 e. The molecule has 28 heavy (non-hydrogen) atoms. The van der Waals surface area contributed by atoms with Crippen LogP contribution in [-0.2, 0) is 6.42 Å². The van der Waals surface area contributed by atoms with Crippen LogP contribution in [0, 0.1) is 11.6 Å². The van der Waals surface area contributed by atoms with Gasteiger partial charge in [0.15, 0.2) is 5.78 Å². The zero-order valence-corrected chi connectivity index (χ0v) is 14.7. The van der Waals surface area contributed by atoms with Crippen LogP contribution in [0.4, 0.5) is 14.7 Å². The van der Waals surface area contributed by atoms with Gasteiger partial charge in [-0.15, -0.1) is 0 Å². The maximum Gasteiger partial charge on any atom is 0.258 e. The topological polar surface area (TPSA) is 72.0 Å². The van der Waals surface area contributed by atoms with Gasteiger partial charge in [-0.05, 0) is 54.3 Å². The largest absolute Gasteiger partial charge is 0.294 e. The van der Waals surface area contributed by atoms with Crippen LogP contribution in [-0.4, -0.2) is 21.7 Å². The van der Waals surface area contributed by atoms with E-state index in [9.17, 15) is 18.4 Å². The van der Waals surface area contributed by atoms with Crippen molar-refractivity contribution in [2.45, 2.75) is 18.8 Å². The molecule has 1 heterocycles. The number of carbonyl (C=O) groups is 2. The molecule has 1 aromatic heterocycles. The van der Waals surface area contributed by atoms with Crippen molar-refractivity contribution in [3.63, 3.8) is 0 Å². The van der Waals surface area contributed by atoms with E-state index >= 15 is 0 Å². The fourth-order valence-corrected chi connectivity index (χ4v) is 3.25. The summed E-state index contributed by atoms with van der Waals surface area (Å²) in [5, 5.41) is 2.56. The molecular formula is C21H15F2N3O2. The number of nitrogens with zero attached hydrogens (tertiary/aromatic N) is 2. The number of anilines is 1.